The van der Waals surface area contributed by atoms with E-state index < -0.39 is 0 Å². The molecule has 0 aliphatic carbocycles. The van der Waals surface area contributed by atoms with E-state index in [9.17, 15) is 0 Å². The summed E-state index contributed by atoms with van der Waals surface area (Å²) in [5.74, 6) is 0. The van der Waals surface area contributed by atoms with Gasteiger partial charge in [-0.2, -0.15) is 0 Å². The van der Waals surface area contributed by atoms with Gasteiger partial charge < -0.3 is 4.57 Å². The molecule has 1 aromatic heterocycles. The maximum atomic E-state index is 3.89. The molecule has 0 atom stereocenters. The van der Waals surface area contributed by atoms with Crippen molar-refractivity contribution in [3.8, 4) is 16.8 Å². The van der Waals surface area contributed by atoms with Crippen molar-refractivity contribution in [1.29, 1.82) is 0 Å². The highest BCUT2D eigenvalue weighted by Crippen LogP contribution is 2.39. The number of aromatic nitrogens is 1. The Balaban J connectivity index is 1.89. The van der Waals surface area contributed by atoms with Gasteiger partial charge >= 0.3 is 0 Å². The van der Waals surface area contributed by atoms with Gasteiger partial charge in [-0.3, -0.25) is 0 Å². The number of hydrogen-bond acceptors (Lipinski definition) is 0. The zero-order chi connectivity index (χ0) is 24.3. The highest BCUT2D eigenvalue weighted by molar-refractivity contribution is 9.10. The van der Waals surface area contributed by atoms with Gasteiger partial charge in [0.1, 0.15) is 0 Å². The van der Waals surface area contributed by atoms with Gasteiger partial charge in [0.25, 0.3) is 0 Å². The molecule has 1 heterocycles. The number of benzene rings is 4. The number of nitrogens with zero attached hydrogens (tertiary/aromatic N) is 1. The SMILES string of the molecule is CC(C)(C)c1ccc2c3ccc(C(C)(C)C)cc3n(-c3cc(-c4ccccc4)ccc3Br)c2c1. The van der Waals surface area contributed by atoms with E-state index in [0.717, 1.165) is 4.47 Å². The topological polar surface area (TPSA) is 4.93 Å². The first-order valence-electron chi connectivity index (χ1n) is 12.0. The summed E-state index contributed by atoms with van der Waals surface area (Å²) < 4.78 is 3.54. The third kappa shape index (κ3) is 3.99. The van der Waals surface area contributed by atoms with Crippen LogP contribution in [0.2, 0.25) is 0 Å². The summed E-state index contributed by atoms with van der Waals surface area (Å²) in [6.45, 7) is 13.7. The lowest BCUT2D eigenvalue weighted by Gasteiger charge is -2.20. The molecular formula is C32H32BrN. The summed E-state index contributed by atoms with van der Waals surface area (Å²) in [6, 6.07) is 31.3. The molecular weight excluding hydrogens is 478 g/mol. The lowest BCUT2D eigenvalue weighted by molar-refractivity contribution is 0.591. The third-order valence-electron chi connectivity index (χ3n) is 6.79. The molecule has 34 heavy (non-hydrogen) atoms. The maximum absolute atomic E-state index is 3.89. The highest BCUT2D eigenvalue weighted by Gasteiger charge is 2.21. The molecule has 0 N–H and O–H groups in total. The minimum absolute atomic E-state index is 0.0785. The Morgan fingerprint density at radius 3 is 1.59 bits per heavy atom. The Kier molecular flexibility index (Phi) is 5.48. The normalized spacial score (nSPS) is 12.6. The van der Waals surface area contributed by atoms with Crippen LogP contribution in [0.4, 0.5) is 0 Å². The first-order chi connectivity index (χ1) is 16.0. The van der Waals surface area contributed by atoms with Gasteiger partial charge in [-0.1, -0.05) is 102 Å². The second-order valence-corrected chi connectivity index (χ2v) is 12.2. The van der Waals surface area contributed by atoms with Crippen LogP contribution in [0.3, 0.4) is 0 Å². The number of halogens is 1. The maximum Gasteiger partial charge on any atom is 0.0610 e. The molecule has 0 fully saturated rings. The van der Waals surface area contributed by atoms with Crippen LogP contribution in [0.5, 0.6) is 0 Å². The van der Waals surface area contributed by atoms with E-state index in [2.05, 4.69) is 147 Å². The van der Waals surface area contributed by atoms with Crippen LogP contribution in [0.1, 0.15) is 52.7 Å². The van der Waals surface area contributed by atoms with E-state index in [1.165, 1.54) is 49.7 Å². The minimum atomic E-state index is 0.0785. The lowest BCUT2D eigenvalue weighted by Crippen LogP contribution is -2.11. The summed E-state index contributed by atoms with van der Waals surface area (Å²) in [4.78, 5) is 0. The number of rotatable bonds is 2. The molecule has 5 aromatic rings. The molecule has 0 spiro atoms. The van der Waals surface area contributed by atoms with Crippen LogP contribution in [-0.4, -0.2) is 4.57 Å². The van der Waals surface area contributed by atoms with Crippen molar-refractivity contribution in [2.75, 3.05) is 0 Å². The molecule has 0 aliphatic rings. The standard InChI is InChI=1S/C32H32BrN/c1-31(2,3)23-13-15-25-26-16-14-24(32(4,5)6)20-29(26)34(28(25)19-23)30-18-22(12-17-27(30)33)21-10-8-7-9-11-21/h7-20H,1-6H3. The van der Waals surface area contributed by atoms with Crippen molar-refractivity contribution >= 4 is 37.7 Å². The van der Waals surface area contributed by atoms with Crippen LogP contribution < -0.4 is 0 Å². The van der Waals surface area contributed by atoms with Crippen molar-refractivity contribution in [3.63, 3.8) is 0 Å². The minimum Gasteiger partial charge on any atom is -0.308 e. The van der Waals surface area contributed by atoms with Gasteiger partial charge in [0.05, 0.1) is 16.7 Å². The van der Waals surface area contributed by atoms with Gasteiger partial charge in [-0.25, -0.2) is 0 Å². The molecule has 172 valence electrons. The van der Waals surface area contributed by atoms with E-state index in [-0.39, 0.29) is 10.8 Å². The lowest BCUT2D eigenvalue weighted by atomic mass is 9.86. The molecule has 0 bridgehead atoms. The van der Waals surface area contributed by atoms with E-state index in [4.69, 9.17) is 0 Å². The quantitative estimate of drug-likeness (QED) is 0.223. The third-order valence-corrected chi connectivity index (χ3v) is 7.46. The van der Waals surface area contributed by atoms with Crippen LogP contribution in [0.15, 0.2) is 89.4 Å². The summed E-state index contributed by atoms with van der Waals surface area (Å²) in [5.41, 5.74) is 8.95. The van der Waals surface area contributed by atoms with Crippen molar-refractivity contribution in [1.82, 2.24) is 4.57 Å². The van der Waals surface area contributed by atoms with Gasteiger partial charge in [0.2, 0.25) is 0 Å². The van der Waals surface area contributed by atoms with Crippen molar-refractivity contribution in [2.45, 2.75) is 52.4 Å². The number of hydrogen-bond donors (Lipinski definition) is 0. The Morgan fingerprint density at radius 1 is 0.559 bits per heavy atom. The summed E-state index contributed by atoms with van der Waals surface area (Å²) in [7, 11) is 0. The Bertz CT molecular complexity index is 1440. The van der Waals surface area contributed by atoms with Crippen LogP contribution in [-0.2, 0) is 10.8 Å². The number of fused-ring (bicyclic) bond motifs is 3. The molecule has 0 amide bonds. The fourth-order valence-electron chi connectivity index (χ4n) is 4.71. The van der Waals surface area contributed by atoms with E-state index in [1.54, 1.807) is 0 Å². The molecule has 0 aliphatic heterocycles. The predicted octanol–water partition coefficient (Wildman–Crippen LogP) is 9.81. The zero-order valence-corrected chi connectivity index (χ0v) is 22.5. The zero-order valence-electron chi connectivity index (χ0n) is 20.9. The predicted molar refractivity (Wildman–Crippen MR) is 151 cm³/mol. The first kappa shape index (κ1) is 22.9. The van der Waals surface area contributed by atoms with Gasteiger partial charge in [0.15, 0.2) is 0 Å². The summed E-state index contributed by atoms with van der Waals surface area (Å²) in [6.07, 6.45) is 0. The molecule has 4 aromatic carbocycles. The van der Waals surface area contributed by atoms with Crippen LogP contribution >= 0.6 is 15.9 Å². The Labute approximate surface area is 211 Å². The molecule has 0 saturated carbocycles. The molecule has 0 unspecified atom stereocenters. The first-order valence-corrected chi connectivity index (χ1v) is 12.8. The smallest absolute Gasteiger partial charge is 0.0610 e. The summed E-state index contributed by atoms with van der Waals surface area (Å²) in [5, 5.41) is 2.58. The monoisotopic (exact) mass is 509 g/mol. The fraction of sp³-hybridized carbons (Fsp3) is 0.250. The highest BCUT2D eigenvalue weighted by atomic mass is 79.9. The summed E-state index contributed by atoms with van der Waals surface area (Å²) >= 11 is 3.89. The second kappa shape index (κ2) is 8.13. The van der Waals surface area contributed by atoms with Crippen molar-refractivity contribution < 1.29 is 0 Å². The second-order valence-electron chi connectivity index (χ2n) is 11.3. The molecule has 0 saturated heterocycles. The van der Waals surface area contributed by atoms with Crippen molar-refractivity contribution in [2.24, 2.45) is 0 Å². The van der Waals surface area contributed by atoms with E-state index in [0.29, 0.717) is 0 Å². The largest absolute Gasteiger partial charge is 0.308 e. The van der Waals surface area contributed by atoms with Crippen molar-refractivity contribution in [3.05, 3.63) is 101 Å². The Morgan fingerprint density at radius 2 is 1.09 bits per heavy atom. The average molecular weight is 511 g/mol. The molecule has 0 radical (unpaired) electrons. The molecule has 5 rings (SSSR count). The average Bonchev–Trinajstić information content (AvgIpc) is 3.12. The molecule has 1 nitrogen and oxygen atoms in total. The van der Waals surface area contributed by atoms with E-state index >= 15 is 0 Å². The Hall–Kier alpha value is -2.84. The van der Waals surface area contributed by atoms with Gasteiger partial charge in [-0.15, -0.1) is 0 Å². The van der Waals surface area contributed by atoms with Crippen LogP contribution in [0.25, 0.3) is 38.6 Å². The van der Waals surface area contributed by atoms with Gasteiger partial charge in [-0.05, 0) is 73.3 Å². The molecule has 2 heteroatoms. The van der Waals surface area contributed by atoms with E-state index in [1.807, 2.05) is 0 Å². The van der Waals surface area contributed by atoms with Crippen LogP contribution in [0, 0.1) is 0 Å². The van der Waals surface area contributed by atoms with Gasteiger partial charge in [0, 0.05) is 15.2 Å². The fourth-order valence-corrected chi connectivity index (χ4v) is 5.13.